The molecule has 0 aliphatic rings. The molecule has 0 saturated carbocycles. The number of carboxylic acid groups (broad SMARTS) is 1. The molecule has 6 nitrogen and oxygen atoms in total. The molecule has 1 amide bonds. The van der Waals surface area contributed by atoms with Crippen LogP contribution >= 0.6 is 0 Å². The number of nitrogens with one attached hydrogen (secondary N) is 1. The van der Waals surface area contributed by atoms with Crippen LogP contribution in [0.4, 0.5) is 4.79 Å². The van der Waals surface area contributed by atoms with E-state index in [4.69, 9.17) is 9.84 Å². The zero-order valence-electron chi connectivity index (χ0n) is 12.5. The number of carboxylic acids is 1. The Balaban J connectivity index is 5.16. The Kier molecular flexibility index (Phi) is 5.38. The summed E-state index contributed by atoms with van der Waals surface area (Å²) in [6.07, 6.45) is -1.12. The van der Waals surface area contributed by atoms with Gasteiger partial charge < -0.3 is 20.3 Å². The van der Waals surface area contributed by atoms with E-state index in [1.54, 1.807) is 41.5 Å². The maximum atomic E-state index is 11.8. The highest BCUT2D eigenvalue weighted by atomic mass is 16.6. The second-order valence-corrected chi connectivity index (χ2v) is 6.69. The van der Waals surface area contributed by atoms with E-state index in [1.807, 2.05) is 0 Å². The van der Waals surface area contributed by atoms with Crippen LogP contribution in [0, 0.1) is 5.41 Å². The van der Waals surface area contributed by atoms with Crippen molar-refractivity contribution in [2.45, 2.75) is 59.1 Å². The van der Waals surface area contributed by atoms with E-state index in [2.05, 4.69) is 5.32 Å². The fourth-order valence-corrected chi connectivity index (χ4v) is 1.59. The summed E-state index contributed by atoms with van der Waals surface area (Å²) < 4.78 is 5.12. The lowest BCUT2D eigenvalue weighted by Gasteiger charge is -2.43. The molecule has 0 spiro atoms. The number of aliphatic hydroxyl groups is 1. The van der Waals surface area contributed by atoms with Gasteiger partial charge in [0.05, 0.1) is 18.6 Å². The van der Waals surface area contributed by atoms with Gasteiger partial charge in [0.25, 0.3) is 0 Å². The quantitative estimate of drug-likeness (QED) is 0.726. The molecule has 0 aliphatic heterocycles. The van der Waals surface area contributed by atoms with Gasteiger partial charge in [-0.3, -0.25) is 4.79 Å². The number of hydrogen-bond acceptors (Lipinski definition) is 4. The van der Waals surface area contributed by atoms with Crippen molar-refractivity contribution in [2.24, 2.45) is 5.41 Å². The van der Waals surface area contributed by atoms with Crippen molar-refractivity contribution in [3.63, 3.8) is 0 Å². The van der Waals surface area contributed by atoms with Gasteiger partial charge in [0, 0.05) is 0 Å². The number of carbonyl (C=O) groups is 2. The van der Waals surface area contributed by atoms with E-state index in [0.29, 0.717) is 0 Å². The number of amides is 1. The van der Waals surface area contributed by atoms with Crippen LogP contribution < -0.4 is 5.32 Å². The predicted octanol–water partition coefficient (Wildman–Crippen LogP) is 1.76. The third-order valence-electron chi connectivity index (χ3n) is 2.90. The van der Waals surface area contributed by atoms with E-state index in [-0.39, 0.29) is 6.42 Å². The van der Waals surface area contributed by atoms with Crippen LogP contribution in [-0.2, 0) is 9.53 Å². The Labute approximate surface area is 114 Å². The van der Waals surface area contributed by atoms with E-state index in [0.717, 1.165) is 0 Å². The Morgan fingerprint density at radius 3 is 1.84 bits per heavy atom. The van der Waals surface area contributed by atoms with Gasteiger partial charge in [-0.15, -0.1) is 0 Å². The Morgan fingerprint density at radius 2 is 1.58 bits per heavy atom. The third kappa shape index (κ3) is 5.46. The number of alkyl carbamates (subject to hydrolysis) is 1. The molecule has 0 radical (unpaired) electrons. The molecule has 3 N–H and O–H groups in total. The van der Waals surface area contributed by atoms with Gasteiger partial charge in [0.1, 0.15) is 5.60 Å². The summed E-state index contributed by atoms with van der Waals surface area (Å²) in [6, 6.07) is 0. The first-order valence-electron chi connectivity index (χ1n) is 6.17. The molecule has 19 heavy (non-hydrogen) atoms. The monoisotopic (exact) mass is 275 g/mol. The normalized spacial score (nSPS) is 15.5. The molecule has 0 fully saturated rings. The molecule has 0 aromatic heterocycles. The summed E-state index contributed by atoms with van der Waals surface area (Å²) in [4.78, 5) is 22.8. The summed E-state index contributed by atoms with van der Waals surface area (Å²) >= 11 is 0. The summed E-state index contributed by atoms with van der Waals surface area (Å²) in [7, 11) is 0. The maximum absolute atomic E-state index is 11.8. The lowest BCUT2D eigenvalue weighted by molar-refractivity contribution is -0.141. The van der Waals surface area contributed by atoms with Crippen LogP contribution in [-0.4, -0.2) is 40.0 Å². The highest BCUT2D eigenvalue weighted by Gasteiger charge is 2.45. The zero-order chi connectivity index (χ0) is 15.5. The van der Waals surface area contributed by atoms with Gasteiger partial charge in [-0.25, -0.2) is 4.79 Å². The molecule has 0 rings (SSSR count). The summed E-state index contributed by atoms with van der Waals surface area (Å²) in [6.45, 7) is 9.91. The van der Waals surface area contributed by atoms with Crippen molar-refractivity contribution in [2.75, 3.05) is 6.61 Å². The smallest absolute Gasteiger partial charge is 0.408 e. The van der Waals surface area contributed by atoms with Crippen molar-refractivity contribution < 1.29 is 24.5 Å². The minimum atomic E-state index is -1.28. The van der Waals surface area contributed by atoms with E-state index < -0.39 is 35.2 Å². The van der Waals surface area contributed by atoms with Crippen LogP contribution in [0.2, 0.25) is 0 Å². The first kappa shape index (κ1) is 17.7. The third-order valence-corrected chi connectivity index (χ3v) is 2.90. The second-order valence-electron chi connectivity index (χ2n) is 6.69. The van der Waals surface area contributed by atoms with Crippen molar-refractivity contribution in [1.82, 2.24) is 5.32 Å². The summed E-state index contributed by atoms with van der Waals surface area (Å²) in [5.74, 6) is -1.10. The number of carbonyl (C=O) groups excluding carboxylic acids is 1. The Morgan fingerprint density at radius 1 is 1.11 bits per heavy atom. The van der Waals surface area contributed by atoms with Crippen molar-refractivity contribution >= 4 is 12.1 Å². The van der Waals surface area contributed by atoms with Gasteiger partial charge in [-0.1, -0.05) is 20.8 Å². The number of hydrogen-bond donors (Lipinski definition) is 3. The topological polar surface area (TPSA) is 95.9 Å². The molecular formula is C13H25NO5. The van der Waals surface area contributed by atoms with Gasteiger partial charge in [-0.05, 0) is 26.2 Å². The standard InChI is InChI=1S/C13H25NO5/c1-11(2,3)13(8-15,7-9(16)17)14-10(18)19-12(4,5)6/h15H,7-8H2,1-6H3,(H,14,18)(H,16,17). The number of aliphatic hydroxyl groups excluding tert-OH is 1. The van der Waals surface area contributed by atoms with E-state index in [1.165, 1.54) is 0 Å². The van der Waals surface area contributed by atoms with Gasteiger partial charge in [0.15, 0.2) is 0 Å². The van der Waals surface area contributed by atoms with E-state index >= 15 is 0 Å². The number of aliphatic carboxylic acids is 1. The molecule has 0 heterocycles. The van der Waals surface area contributed by atoms with Crippen LogP contribution in [0.15, 0.2) is 0 Å². The highest BCUT2D eigenvalue weighted by molar-refractivity contribution is 5.73. The second kappa shape index (κ2) is 5.77. The number of rotatable bonds is 4. The van der Waals surface area contributed by atoms with Gasteiger partial charge in [-0.2, -0.15) is 0 Å². The summed E-state index contributed by atoms with van der Waals surface area (Å²) in [5, 5.41) is 21.1. The van der Waals surface area contributed by atoms with E-state index in [9.17, 15) is 14.7 Å². The molecule has 0 saturated heterocycles. The lowest BCUT2D eigenvalue weighted by atomic mass is 9.72. The zero-order valence-corrected chi connectivity index (χ0v) is 12.5. The fourth-order valence-electron chi connectivity index (χ4n) is 1.59. The van der Waals surface area contributed by atoms with Gasteiger partial charge in [0.2, 0.25) is 0 Å². The Hall–Kier alpha value is -1.30. The SMILES string of the molecule is CC(C)(C)OC(=O)NC(CO)(CC(=O)O)C(C)(C)C. The lowest BCUT2D eigenvalue weighted by Crippen LogP contribution is -2.61. The van der Waals surface area contributed by atoms with Crippen LogP contribution in [0.5, 0.6) is 0 Å². The first-order chi connectivity index (χ1) is 8.33. The fraction of sp³-hybridized carbons (Fsp3) is 0.846. The molecule has 0 aromatic rings. The van der Waals surface area contributed by atoms with Gasteiger partial charge >= 0.3 is 12.1 Å². The average Bonchev–Trinajstić information content (AvgIpc) is 2.10. The average molecular weight is 275 g/mol. The van der Waals surface area contributed by atoms with Crippen molar-refractivity contribution in [3.05, 3.63) is 0 Å². The molecule has 6 heteroatoms. The molecule has 1 unspecified atom stereocenters. The van der Waals surface area contributed by atoms with Crippen molar-refractivity contribution in [3.8, 4) is 0 Å². The molecule has 0 aliphatic carbocycles. The molecular weight excluding hydrogens is 250 g/mol. The Bertz CT molecular complexity index is 340. The molecule has 0 aromatic carbocycles. The minimum Gasteiger partial charge on any atom is -0.481 e. The molecule has 0 bridgehead atoms. The van der Waals surface area contributed by atoms with Crippen LogP contribution in [0.25, 0.3) is 0 Å². The minimum absolute atomic E-state index is 0.383. The largest absolute Gasteiger partial charge is 0.481 e. The highest BCUT2D eigenvalue weighted by Crippen LogP contribution is 2.33. The first-order valence-corrected chi connectivity index (χ1v) is 6.17. The summed E-state index contributed by atoms with van der Waals surface area (Å²) in [5.41, 5.74) is -2.61. The molecule has 112 valence electrons. The van der Waals surface area contributed by atoms with Crippen molar-refractivity contribution in [1.29, 1.82) is 0 Å². The maximum Gasteiger partial charge on any atom is 0.408 e. The van der Waals surface area contributed by atoms with Crippen LogP contribution in [0.3, 0.4) is 0 Å². The number of ether oxygens (including phenoxy) is 1. The predicted molar refractivity (Wildman–Crippen MR) is 70.9 cm³/mol. The molecule has 1 atom stereocenters. The van der Waals surface area contributed by atoms with Crippen LogP contribution in [0.1, 0.15) is 48.0 Å².